The lowest BCUT2D eigenvalue weighted by atomic mass is 10.2. The van der Waals surface area contributed by atoms with Crippen LogP contribution >= 0.6 is 23.1 Å². The highest BCUT2D eigenvalue weighted by Gasteiger charge is 2.17. The summed E-state index contributed by atoms with van der Waals surface area (Å²) in [6.07, 6.45) is 2.33. The van der Waals surface area contributed by atoms with Gasteiger partial charge in [0.1, 0.15) is 17.3 Å². The lowest BCUT2D eigenvalue weighted by Gasteiger charge is -2.11. The highest BCUT2D eigenvalue weighted by Crippen LogP contribution is 2.26. The van der Waals surface area contributed by atoms with Gasteiger partial charge in [0.2, 0.25) is 5.91 Å². The molecule has 3 heterocycles. The third-order valence-electron chi connectivity index (χ3n) is 4.56. The predicted molar refractivity (Wildman–Crippen MR) is 122 cm³/mol. The van der Waals surface area contributed by atoms with E-state index < -0.39 is 0 Å². The summed E-state index contributed by atoms with van der Waals surface area (Å²) in [5.41, 5.74) is 1.70. The fourth-order valence-corrected chi connectivity index (χ4v) is 4.54. The van der Waals surface area contributed by atoms with Gasteiger partial charge in [0.05, 0.1) is 31.4 Å². The quantitative estimate of drug-likeness (QED) is 0.372. The average Bonchev–Trinajstić information content (AvgIpc) is 3.52. The standard InChI is InChI=1S/C22H22N4O3S2/c1-15-7-8-19(28-2)18(11-15)23-21(27)14-31-22-25-24-20(12-17-6-4-10-30-17)26(22)13-16-5-3-9-29-16/h3-11H,12-14H2,1-2H3,(H,23,27). The van der Waals surface area contributed by atoms with Crippen LogP contribution in [0.2, 0.25) is 0 Å². The van der Waals surface area contributed by atoms with Crippen molar-refractivity contribution in [2.75, 3.05) is 18.2 Å². The summed E-state index contributed by atoms with van der Waals surface area (Å²) in [5.74, 6) is 2.33. The highest BCUT2D eigenvalue weighted by atomic mass is 32.2. The summed E-state index contributed by atoms with van der Waals surface area (Å²) < 4.78 is 12.9. The van der Waals surface area contributed by atoms with E-state index in [4.69, 9.17) is 9.15 Å². The molecule has 0 radical (unpaired) electrons. The molecule has 9 heteroatoms. The van der Waals surface area contributed by atoms with Crippen molar-refractivity contribution in [3.8, 4) is 5.75 Å². The Morgan fingerprint density at radius 2 is 2.16 bits per heavy atom. The van der Waals surface area contributed by atoms with Crippen LogP contribution in [0.5, 0.6) is 5.75 Å². The lowest BCUT2D eigenvalue weighted by molar-refractivity contribution is -0.113. The van der Waals surface area contributed by atoms with Gasteiger partial charge in [-0.2, -0.15) is 0 Å². The number of nitrogens with one attached hydrogen (secondary N) is 1. The first kappa shape index (κ1) is 21.2. The maximum absolute atomic E-state index is 12.6. The van der Waals surface area contributed by atoms with Crippen LogP contribution in [-0.2, 0) is 17.8 Å². The van der Waals surface area contributed by atoms with E-state index in [1.165, 1.54) is 16.6 Å². The molecule has 0 spiro atoms. The molecule has 4 aromatic rings. The van der Waals surface area contributed by atoms with Crippen molar-refractivity contribution in [1.29, 1.82) is 0 Å². The molecule has 160 valence electrons. The monoisotopic (exact) mass is 454 g/mol. The van der Waals surface area contributed by atoms with Crippen LogP contribution in [0, 0.1) is 6.92 Å². The van der Waals surface area contributed by atoms with Crippen molar-refractivity contribution in [1.82, 2.24) is 14.8 Å². The van der Waals surface area contributed by atoms with Crippen molar-refractivity contribution < 1.29 is 13.9 Å². The number of rotatable bonds is 9. The molecule has 0 saturated carbocycles. The highest BCUT2D eigenvalue weighted by molar-refractivity contribution is 7.99. The number of carbonyl (C=O) groups excluding carboxylic acids is 1. The van der Waals surface area contributed by atoms with Gasteiger partial charge in [-0.3, -0.25) is 9.36 Å². The SMILES string of the molecule is COc1ccc(C)cc1NC(=O)CSc1nnc(Cc2cccs2)n1Cc1ccco1. The number of aryl methyl sites for hydroxylation is 1. The van der Waals surface area contributed by atoms with Gasteiger partial charge in [-0.15, -0.1) is 21.5 Å². The van der Waals surface area contributed by atoms with Crippen molar-refractivity contribution in [2.24, 2.45) is 0 Å². The average molecular weight is 455 g/mol. The maximum atomic E-state index is 12.6. The number of amides is 1. The van der Waals surface area contributed by atoms with Crippen molar-refractivity contribution in [3.05, 3.63) is 76.1 Å². The van der Waals surface area contributed by atoms with Crippen LogP contribution in [0.1, 0.15) is 22.0 Å². The van der Waals surface area contributed by atoms with Gasteiger partial charge in [0.25, 0.3) is 0 Å². The Morgan fingerprint density at radius 3 is 2.90 bits per heavy atom. The van der Waals surface area contributed by atoms with Gasteiger partial charge in [0.15, 0.2) is 5.16 Å². The van der Waals surface area contributed by atoms with Crippen LogP contribution in [-0.4, -0.2) is 33.5 Å². The molecule has 0 aliphatic heterocycles. The zero-order valence-electron chi connectivity index (χ0n) is 17.2. The minimum atomic E-state index is -0.138. The van der Waals surface area contributed by atoms with E-state index in [0.29, 0.717) is 29.6 Å². The molecule has 4 rings (SSSR count). The van der Waals surface area contributed by atoms with Crippen molar-refractivity contribution in [2.45, 2.75) is 25.0 Å². The van der Waals surface area contributed by atoms with Gasteiger partial charge >= 0.3 is 0 Å². The third kappa shape index (κ3) is 5.36. The summed E-state index contributed by atoms with van der Waals surface area (Å²) in [4.78, 5) is 13.8. The summed E-state index contributed by atoms with van der Waals surface area (Å²) >= 11 is 3.03. The second-order valence-electron chi connectivity index (χ2n) is 6.86. The first-order valence-electron chi connectivity index (χ1n) is 9.66. The molecule has 1 N–H and O–H groups in total. The molecule has 0 unspecified atom stereocenters. The summed E-state index contributed by atoms with van der Waals surface area (Å²) in [7, 11) is 1.58. The molecule has 0 bridgehead atoms. The lowest BCUT2D eigenvalue weighted by Crippen LogP contribution is -2.15. The molecule has 31 heavy (non-hydrogen) atoms. The molecule has 0 atom stereocenters. The van der Waals surface area contributed by atoms with E-state index in [1.807, 2.05) is 53.3 Å². The molecular formula is C22H22N4O3S2. The Hall–Kier alpha value is -3.04. The number of nitrogens with zero attached hydrogens (tertiary/aromatic N) is 3. The summed E-state index contributed by atoms with van der Waals surface area (Å²) in [5, 5.41) is 14.4. The zero-order chi connectivity index (χ0) is 21.6. The Balaban J connectivity index is 1.48. The van der Waals surface area contributed by atoms with Gasteiger partial charge in [-0.1, -0.05) is 23.9 Å². The van der Waals surface area contributed by atoms with E-state index >= 15 is 0 Å². The number of benzene rings is 1. The fraction of sp³-hybridized carbons (Fsp3) is 0.227. The maximum Gasteiger partial charge on any atom is 0.234 e. The van der Waals surface area contributed by atoms with E-state index in [9.17, 15) is 4.79 Å². The second-order valence-corrected chi connectivity index (χ2v) is 8.84. The second kappa shape index (κ2) is 9.84. The van der Waals surface area contributed by atoms with Crippen LogP contribution in [0.4, 0.5) is 5.69 Å². The molecule has 1 amide bonds. The Kier molecular flexibility index (Phi) is 6.73. The zero-order valence-corrected chi connectivity index (χ0v) is 18.8. The third-order valence-corrected chi connectivity index (χ3v) is 6.40. The minimum Gasteiger partial charge on any atom is -0.495 e. The first-order valence-corrected chi connectivity index (χ1v) is 11.5. The smallest absolute Gasteiger partial charge is 0.234 e. The molecule has 0 aliphatic rings. The van der Waals surface area contributed by atoms with Gasteiger partial charge in [0, 0.05) is 11.3 Å². The fourth-order valence-electron chi connectivity index (χ4n) is 3.08. The van der Waals surface area contributed by atoms with Gasteiger partial charge in [-0.05, 0) is 48.2 Å². The normalized spacial score (nSPS) is 10.9. The number of hydrogen-bond donors (Lipinski definition) is 1. The van der Waals surface area contributed by atoms with Gasteiger partial charge in [-0.25, -0.2) is 0 Å². The van der Waals surface area contributed by atoms with Crippen molar-refractivity contribution >= 4 is 34.7 Å². The molecule has 0 aliphatic carbocycles. The number of thiophene rings is 1. The Bertz CT molecular complexity index is 1140. The number of furan rings is 1. The largest absolute Gasteiger partial charge is 0.495 e. The number of carbonyl (C=O) groups is 1. The summed E-state index contributed by atoms with van der Waals surface area (Å²) in [6, 6.07) is 13.5. The molecular weight excluding hydrogens is 432 g/mol. The molecule has 1 aromatic carbocycles. The topological polar surface area (TPSA) is 82.2 Å². The molecule has 7 nitrogen and oxygen atoms in total. The number of aromatic nitrogens is 3. The molecule has 0 fully saturated rings. The number of ether oxygens (including phenoxy) is 1. The van der Waals surface area contributed by atoms with Crippen LogP contribution in [0.25, 0.3) is 0 Å². The van der Waals surface area contributed by atoms with Crippen molar-refractivity contribution in [3.63, 3.8) is 0 Å². The predicted octanol–water partition coefficient (Wildman–Crippen LogP) is 4.62. The number of hydrogen-bond acceptors (Lipinski definition) is 7. The summed E-state index contributed by atoms with van der Waals surface area (Å²) in [6.45, 7) is 2.48. The Morgan fingerprint density at radius 1 is 1.26 bits per heavy atom. The first-order chi connectivity index (χ1) is 15.1. The van der Waals surface area contributed by atoms with Crippen LogP contribution in [0.3, 0.4) is 0 Å². The van der Waals surface area contributed by atoms with E-state index in [0.717, 1.165) is 17.1 Å². The van der Waals surface area contributed by atoms with E-state index in [1.54, 1.807) is 24.7 Å². The van der Waals surface area contributed by atoms with Gasteiger partial charge < -0.3 is 14.5 Å². The molecule has 3 aromatic heterocycles. The Labute approximate surface area is 188 Å². The number of anilines is 1. The minimum absolute atomic E-state index is 0.138. The van der Waals surface area contributed by atoms with E-state index in [-0.39, 0.29) is 11.7 Å². The van der Waals surface area contributed by atoms with E-state index in [2.05, 4.69) is 21.6 Å². The van der Waals surface area contributed by atoms with Crippen LogP contribution < -0.4 is 10.1 Å². The number of methoxy groups -OCH3 is 1. The molecule has 0 saturated heterocycles. The number of thioether (sulfide) groups is 1. The van der Waals surface area contributed by atoms with Crippen LogP contribution in [0.15, 0.2) is 63.7 Å².